The van der Waals surface area contributed by atoms with E-state index >= 15 is 0 Å². The van der Waals surface area contributed by atoms with Gasteiger partial charge in [0.25, 0.3) is 0 Å². The average molecular weight is 357 g/mol. The maximum Gasteiger partial charge on any atom is 0.327 e. The van der Waals surface area contributed by atoms with E-state index in [2.05, 4.69) is 13.5 Å². The number of carboxylic acids is 1. The second-order valence-electron chi connectivity index (χ2n) is 7.46. The average Bonchev–Trinajstić information content (AvgIpc) is 2.55. The fourth-order valence-corrected chi connectivity index (χ4v) is 2.15. The van der Waals surface area contributed by atoms with E-state index in [1.807, 2.05) is 20.8 Å². The van der Waals surface area contributed by atoms with Crippen LogP contribution in [-0.2, 0) is 14.3 Å². The number of carboxylic acid groups (broad SMARTS) is 1. The largest absolute Gasteiger partial charge is 0.478 e. The smallest absolute Gasteiger partial charge is 0.327 e. The highest BCUT2D eigenvalue weighted by Gasteiger charge is 2.22. The minimum absolute atomic E-state index is 0.0791. The SMILES string of the molecule is C=CC(=O)O.CCCCCCCCCCCCCOC(=O)C(C)(C)C. The van der Waals surface area contributed by atoms with E-state index in [4.69, 9.17) is 9.84 Å². The number of aliphatic carboxylic acids is 1. The van der Waals surface area contributed by atoms with Gasteiger partial charge in [0.05, 0.1) is 12.0 Å². The third-order valence-electron chi connectivity index (χ3n) is 3.77. The molecule has 4 nitrogen and oxygen atoms in total. The van der Waals surface area contributed by atoms with E-state index in [0.717, 1.165) is 12.5 Å². The van der Waals surface area contributed by atoms with Crippen LogP contribution >= 0.6 is 0 Å². The minimum atomic E-state index is -0.981. The van der Waals surface area contributed by atoms with Crippen molar-refractivity contribution in [1.29, 1.82) is 0 Å². The highest BCUT2D eigenvalue weighted by molar-refractivity contribution is 5.78. The molecular formula is C21H40O4. The van der Waals surface area contributed by atoms with Crippen LogP contribution in [0.15, 0.2) is 12.7 Å². The van der Waals surface area contributed by atoms with E-state index in [9.17, 15) is 9.59 Å². The molecule has 0 aromatic rings. The van der Waals surface area contributed by atoms with Crippen LogP contribution in [0.4, 0.5) is 0 Å². The number of rotatable bonds is 13. The maximum atomic E-state index is 11.5. The van der Waals surface area contributed by atoms with Crippen molar-refractivity contribution >= 4 is 11.9 Å². The van der Waals surface area contributed by atoms with Gasteiger partial charge in [-0.05, 0) is 27.2 Å². The van der Waals surface area contributed by atoms with Gasteiger partial charge in [0.2, 0.25) is 0 Å². The molecule has 0 spiro atoms. The molecule has 0 fully saturated rings. The predicted octanol–water partition coefficient (Wildman–Crippen LogP) is 6.14. The zero-order valence-corrected chi connectivity index (χ0v) is 16.9. The van der Waals surface area contributed by atoms with Crippen molar-refractivity contribution in [2.24, 2.45) is 5.41 Å². The van der Waals surface area contributed by atoms with Crippen LogP contribution in [0.3, 0.4) is 0 Å². The van der Waals surface area contributed by atoms with Crippen molar-refractivity contribution in [1.82, 2.24) is 0 Å². The summed E-state index contributed by atoms with van der Waals surface area (Å²) in [4.78, 5) is 20.8. The van der Waals surface area contributed by atoms with Gasteiger partial charge in [0.1, 0.15) is 0 Å². The quantitative estimate of drug-likeness (QED) is 0.244. The summed E-state index contributed by atoms with van der Waals surface area (Å²) in [6, 6.07) is 0. The summed E-state index contributed by atoms with van der Waals surface area (Å²) in [6.07, 6.45) is 15.4. The van der Waals surface area contributed by atoms with Crippen molar-refractivity contribution in [3.05, 3.63) is 12.7 Å². The summed E-state index contributed by atoms with van der Waals surface area (Å²) in [6.45, 7) is 11.5. The number of hydrogen-bond donors (Lipinski definition) is 1. The number of esters is 1. The molecule has 0 atom stereocenters. The molecule has 0 heterocycles. The van der Waals surface area contributed by atoms with Crippen LogP contribution in [0.25, 0.3) is 0 Å². The molecule has 148 valence electrons. The highest BCUT2D eigenvalue weighted by Crippen LogP contribution is 2.16. The minimum Gasteiger partial charge on any atom is -0.478 e. The van der Waals surface area contributed by atoms with Crippen molar-refractivity contribution < 1.29 is 19.4 Å². The predicted molar refractivity (Wildman–Crippen MR) is 105 cm³/mol. The van der Waals surface area contributed by atoms with Crippen LogP contribution in [0.2, 0.25) is 0 Å². The number of unbranched alkanes of at least 4 members (excludes halogenated alkanes) is 10. The van der Waals surface area contributed by atoms with Crippen LogP contribution in [0.5, 0.6) is 0 Å². The van der Waals surface area contributed by atoms with Crippen molar-refractivity contribution in [3.63, 3.8) is 0 Å². The summed E-state index contributed by atoms with van der Waals surface area (Å²) < 4.78 is 5.25. The second-order valence-corrected chi connectivity index (χ2v) is 7.46. The standard InChI is InChI=1S/C18H36O2.C3H4O2/c1-5-6-7-8-9-10-11-12-13-14-15-16-20-17(19)18(2,3)4;1-2-3(4)5/h5-16H2,1-4H3;2H,1H2,(H,4,5). The first kappa shape index (κ1) is 25.9. The van der Waals surface area contributed by atoms with E-state index in [-0.39, 0.29) is 11.4 Å². The first-order valence-electron chi connectivity index (χ1n) is 9.78. The lowest BCUT2D eigenvalue weighted by molar-refractivity contribution is -0.153. The zero-order valence-electron chi connectivity index (χ0n) is 16.9. The molecule has 0 amide bonds. The Morgan fingerprint density at radius 2 is 1.24 bits per heavy atom. The van der Waals surface area contributed by atoms with Crippen LogP contribution < -0.4 is 0 Å². The molecule has 0 aromatic carbocycles. The first-order chi connectivity index (χ1) is 11.8. The number of carbonyl (C=O) groups is 2. The van der Waals surface area contributed by atoms with E-state index in [1.54, 1.807) is 0 Å². The van der Waals surface area contributed by atoms with Gasteiger partial charge in [0, 0.05) is 6.08 Å². The highest BCUT2D eigenvalue weighted by atomic mass is 16.5. The molecule has 0 radical (unpaired) electrons. The summed E-state index contributed by atoms with van der Waals surface area (Å²) in [5, 5.41) is 7.60. The number of hydrogen-bond acceptors (Lipinski definition) is 3. The molecule has 0 aliphatic carbocycles. The molecular weight excluding hydrogens is 316 g/mol. The van der Waals surface area contributed by atoms with Gasteiger partial charge in [-0.25, -0.2) is 4.79 Å². The van der Waals surface area contributed by atoms with Crippen LogP contribution in [-0.4, -0.2) is 23.7 Å². The third kappa shape index (κ3) is 22.7. The van der Waals surface area contributed by atoms with Gasteiger partial charge >= 0.3 is 11.9 Å². The summed E-state index contributed by atoms with van der Waals surface area (Å²) >= 11 is 0. The van der Waals surface area contributed by atoms with E-state index < -0.39 is 5.97 Å². The molecule has 4 heteroatoms. The Hall–Kier alpha value is -1.32. The molecule has 0 rings (SSSR count). The monoisotopic (exact) mass is 356 g/mol. The Kier molecular flexibility index (Phi) is 18.1. The Morgan fingerprint density at radius 1 is 0.880 bits per heavy atom. The molecule has 0 unspecified atom stereocenters. The number of carbonyl (C=O) groups excluding carboxylic acids is 1. The normalized spacial score (nSPS) is 10.6. The number of ether oxygens (including phenoxy) is 1. The third-order valence-corrected chi connectivity index (χ3v) is 3.77. The van der Waals surface area contributed by atoms with Gasteiger partial charge in [-0.3, -0.25) is 4.79 Å². The lowest BCUT2D eigenvalue weighted by Crippen LogP contribution is -2.23. The Bertz CT molecular complexity index is 342. The van der Waals surface area contributed by atoms with Gasteiger partial charge < -0.3 is 9.84 Å². The topological polar surface area (TPSA) is 63.6 Å². The van der Waals surface area contributed by atoms with E-state index in [1.165, 1.54) is 64.2 Å². The molecule has 1 N–H and O–H groups in total. The Morgan fingerprint density at radius 3 is 1.56 bits per heavy atom. The van der Waals surface area contributed by atoms with Gasteiger partial charge in [0.15, 0.2) is 0 Å². The maximum absolute atomic E-state index is 11.5. The second kappa shape index (κ2) is 17.5. The first-order valence-corrected chi connectivity index (χ1v) is 9.78. The molecule has 0 aromatic heterocycles. The molecule has 0 saturated carbocycles. The fourth-order valence-electron chi connectivity index (χ4n) is 2.15. The summed E-state index contributed by atoms with van der Waals surface area (Å²) in [7, 11) is 0. The van der Waals surface area contributed by atoms with Gasteiger partial charge in [-0.15, -0.1) is 0 Å². The fraction of sp³-hybridized carbons (Fsp3) is 0.810. The van der Waals surface area contributed by atoms with E-state index in [0.29, 0.717) is 6.61 Å². The molecule has 0 saturated heterocycles. The molecule has 0 aliphatic heterocycles. The molecule has 0 aliphatic rings. The van der Waals surface area contributed by atoms with Crippen molar-refractivity contribution in [2.45, 2.75) is 98.3 Å². The molecule has 0 bridgehead atoms. The lowest BCUT2D eigenvalue weighted by Gasteiger charge is -2.16. The van der Waals surface area contributed by atoms with Crippen molar-refractivity contribution in [3.8, 4) is 0 Å². The summed E-state index contributed by atoms with van der Waals surface area (Å²) in [5.74, 6) is -1.06. The van der Waals surface area contributed by atoms with Gasteiger partial charge in [-0.2, -0.15) is 0 Å². The molecule has 25 heavy (non-hydrogen) atoms. The Labute approximate surface area is 155 Å². The van der Waals surface area contributed by atoms with Gasteiger partial charge in [-0.1, -0.05) is 77.7 Å². The summed E-state index contributed by atoms with van der Waals surface area (Å²) in [5.41, 5.74) is -0.363. The lowest BCUT2D eigenvalue weighted by atomic mass is 9.97. The Balaban J connectivity index is 0. The van der Waals surface area contributed by atoms with Crippen LogP contribution in [0.1, 0.15) is 98.3 Å². The zero-order chi connectivity index (χ0) is 19.6. The van der Waals surface area contributed by atoms with Crippen molar-refractivity contribution in [2.75, 3.05) is 6.61 Å². The van der Waals surface area contributed by atoms with Crippen LogP contribution in [0, 0.1) is 5.41 Å².